The molecule has 0 aliphatic carbocycles. The second kappa shape index (κ2) is 9.09. The van der Waals surface area contributed by atoms with Crippen LogP contribution in [0.1, 0.15) is 70.7 Å². The summed E-state index contributed by atoms with van der Waals surface area (Å²) in [7, 11) is 0. The zero-order valence-electron chi connectivity index (χ0n) is 20.2. The Balaban J connectivity index is 1.83. The molecule has 0 fully saturated rings. The SMILES string of the molecule is CC(C)Oc1ccc(C(C)(C)c2ccc(Oc3cc(C(C)(C)C)ccc3C#N)cc2)cc1. The first-order valence-corrected chi connectivity index (χ1v) is 11.1. The highest BCUT2D eigenvalue weighted by Crippen LogP contribution is 2.35. The molecule has 166 valence electrons. The summed E-state index contributed by atoms with van der Waals surface area (Å²) in [6.45, 7) is 14.9. The summed E-state index contributed by atoms with van der Waals surface area (Å²) in [5.74, 6) is 2.19. The third-order valence-corrected chi connectivity index (χ3v) is 5.72. The predicted octanol–water partition coefficient (Wildman–Crippen LogP) is 7.76. The van der Waals surface area contributed by atoms with Gasteiger partial charge < -0.3 is 9.47 Å². The van der Waals surface area contributed by atoms with Gasteiger partial charge in [0.25, 0.3) is 0 Å². The minimum absolute atomic E-state index is 0.0181. The van der Waals surface area contributed by atoms with Crippen LogP contribution in [0.4, 0.5) is 0 Å². The van der Waals surface area contributed by atoms with Crippen molar-refractivity contribution in [1.29, 1.82) is 5.26 Å². The van der Waals surface area contributed by atoms with Gasteiger partial charge in [-0.2, -0.15) is 5.26 Å². The molecular formula is C29H33NO2. The van der Waals surface area contributed by atoms with Gasteiger partial charge in [0.05, 0.1) is 11.7 Å². The van der Waals surface area contributed by atoms with Crippen LogP contribution in [0.5, 0.6) is 17.2 Å². The van der Waals surface area contributed by atoms with Crippen LogP contribution in [-0.4, -0.2) is 6.10 Å². The van der Waals surface area contributed by atoms with Gasteiger partial charge in [-0.1, -0.05) is 65.0 Å². The van der Waals surface area contributed by atoms with E-state index >= 15 is 0 Å². The van der Waals surface area contributed by atoms with Crippen LogP contribution in [0.2, 0.25) is 0 Å². The van der Waals surface area contributed by atoms with Gasteiger partial charge in [-0.3, -0.25) is 0 Å². The van der Waals surface area contributed by atoms with Crippen LogP contribution in [0, 0.1) is 11.3 Å². The van der Waals surface area contributed by atoms with Crippen molar-refractivity contribution in [1.82, 2.24) is 0 Å². The van der Waals surface area contributed by atoms with Gasteiger partial charge >= 0.3 is 0 Å². The first kappa shape index (κ1) is 23.4. The third kappa shape index (κ3) is 5.32. The summed E-state index contributed by atoms with van der Waals surface area (Å²) in [4.78, 5) is 0. The van der Waals surface area contributed by atoms with E-state index in [0.29, 0.717) is 17.1 Å². The predicted molar refractivity (Wildman–Crippen MR) is 131 cm³/mol. The highest BCUT2D eigenvalue weighted by Gasteiger charge is 2.23. The molecule has 32 heavy (non-hydrogen) atoms. The summed E-state index contributed by atoms with van der Waals surface area (Å²) in [5, 5.41) is 9.50. The minimum atomic E-state index is -0.168. The number of nitrogens with zero attached hydrogens (tertiary/aromatic N) is 1. The van der Waals surface area contributed by atoms with Gasteiger partial charge in [-0.15, -0.1) is 0 Å². The smallest absolute Gasteiger partial charge is 0.145 e. The van der Waals surface area contributed by atoms with Crippen LogP contribution in [0.3, 0.4) is 0 Å². The van der Waals surface area contributed by atoms with E-state index in [9.17, 15) is 5.26 Å². The highest BCUT2D eigenvalue weighted by atomic mass is 16.5. The summed E-state index contributed by atoms with van der Waals surface area (Å²) < 4.78 is 11.9. The molecule has 3 nitrogen and oxygen atoms in total. The minimum Gasteiger partial charge on any atom is -0.491 e. The summed E-state index contributed by atoms with van der Waals surface area (Å²) >= 11 is 0. The lowest BCUT2D eigenvalue weighted by atomic mass is 9.78. The Morgan fingerprint density at radius 2 is 1.22 bits per heavy atom. The molecule has 3 rings (SSSR count). The van der Waals surface area contributed by atoms with E-state index in [0.717, 1.165) is 11.3 Å². The normalized spacial score (nSPS) is 11.8. The maximum absolute atomic E-state index is 9.50. The maximum Gasteiger partial charge on any atom is 0.145 e. The topological polar surface area (TPSA) is 42.2 Å². The quantitative estimate of drug-likeness (QED) is 0.404. The first-order chi connectivity index (χ1) is 15.0. The molecule has 3 heteroatoms. The van der Waals surface area contributed by atoms with Crippen molar-refractivity contribution in [2.24, 2.45) is 0 Å². The van der Waals surface area contributed by atoms with E-state index < -0.39 is 0 Å². The Hall–Kier alpha value is -3.25. The molecule has 0 atom stereocenters. The molecule has 0 N–H and O–H groups in total. The monoisotopic (exact) mass is 427 g/mol. The number of hydrogen-bond donors (Lipinski definition) is 0. The molecule has 0 spiro atoms. The molecule has 0 aliphatic heterocycles. The number of benzene rings is 3. The zero-order valence-corrected chi connectivity index (χ0v) is 20.2. The van der Waals surface area contributed by atoms with Gasteiger partial charge in [0.2, 0.25) is 0 Å². The van der Waals surface area contributed by atoms with Gasteiger partial charge in [-0.05, 0) is 72.4 Å². The Labute approximate surface area is 192 Å². The lowest BCUT2D eigenvalue weighted by molar-refractivity contribution is 0.242. The lowest BCUT2D eigenvalue weighted by Crippen LogP contribution is -2.18. The number of ether oxygens (including phenoxy) is 2. The van der Waals surface area contributed by atoms with Gasteiger partial charge in [0.15, 0.2) is 0 Å². The maximum atomic E-state index is 9.50. The second-order valence-electron chi connectivity index (χ2n) is 10.0. The van der Waals surface area contributed by atoms with Crippen LogP contribution in [0.25, 0.3) is 0 Å². The van der Waals surface area contributed by atoms with Crippen LogP contribution in [0.15, 0.2) is 66.7 Å². The van der Waals surface area contributed by atoms with E-state index in [1.54, 1.807) is 0 Å². The molecule has 0 aliphatic rings. The Kier molecular flexibility index (Phi) is 6.65. The standard InChI is InChI=1S/C29H33NO2/c1-20(2)31-25-14-10-22(11-15-25)29(6,7)23-12-16-26(17-13-23)32-27-18-24(28(3,4)5)9-8-21(27)19-30/h8-18,20H,1-7H3. The molecule has 3 aromatic carbocycles. The fourth-order valence-electron chi connectivity index (χ4n) is 3.62. The molecule has 0 bridgehead atoms. The van der Waals surface area contributed by atoms with Crippen molar-refractivity contribution < 1.29 is 9.47 Å². The number of rotatable bonds is 6. The third-order valence-electron chi connectivity index (χ3n) is 5.72. The fraction of sp³-hybridized carbons (Fsp3) is 0.345. The van der Waals surface area contributed by atoms with E-state index in [4.69, 9.17) is 9.47 Å². The van der Waals surface area contributed by atoms with Crippen LogP contribution < -0.4 is 9.47 Å². The molecule has 0 aromatic heterocycles. The molecule has 3 aromatic rings. The lowest BCUT2D eigenvalue weighted by Gasteiger charge is -2.26. The average molecular weight is 428 g/mol. The molecule has 0 heterocycles. The molecule has 0 unspecified atom stereocenters. The summed E-state index contributed by atoms with van der Waals surface area (Å²) in [5.41, 5.74) is 3.88. The van der Waals surface area contributed by atoms with Crippen molar-refractivity contribution in [3.63, 3.8) is 0 Å². The Morgan fingerprint density at radius 1 is 0.719 bits per heavy atom. The molecule has 0 saturated heterocycles. The second-order valence-corrected chi connectivity index (χ2v) is 10.0. The summed E-state index contributed by atoms with van der Waals surface area (Å²) in [6.07, 6.45) is 0.159. The first-order valence-electron chi connectivity index (χ1n) is 11.1. The fourth-order valence-corrected chi connectivity index (χ4v) is 3.62. The molecule has 0 radical (unpaired) electrons. The van der Waals surface area contributed by atoms with Gasteiger partial charge in [0, 0.05) is 5.41 Å². The van der Waals surface area contributed by atoms with Crippen molar-refractivity contribution in [2.75, 3.05) is 0 Å². The van der Waals surface area contributed by atoms with Gasteiger partial charge in [0.1, 0.15) is 23.3 Å². The largest absolute Gasteiger partial charge is 0.491 e. The van der Waals surface area contributed by atoms with Gasteiger partial charge in [-0.25, -0.2) is 0 Å². The van der Waals surface area contributed by atoms with Crippen LogP contribution in [-0.2, 0) is 10.8 Å². The van der Waals surface area contributed by atoms with Crippen LogP contribution >= 0.6 is 0 Å². The average Bonchev–Trinajstić information content (AvgIpc) is 2.73. The van der Waals surface area contributed by atoms with Crippen molar-refractivity contribution in [2.45, 2.75) is 65.4 Å². The van der Waals surface area contributed by atoms with Crippen molar-refractivity contribution >= 4 is 0 Å². The number of nitriles is 1. The Morgan fingerprint density at radius 3 is 1.69 bits per heavy atom. The van der Waals surface area contributed by atoms with Crippen molar-refractivity contribution in [3.05, 3.63) is 89.0 Å². The van der Waals surface area contributed by atoms with E-state index in [1.807, 2.05) is 56.3 Å². The highest BCUT2D eigenvalue weighted by molar-refractivity contribution is 5.49. The molecular weight excluding hydrogens is 394 g/mol. The van der Waals surface area contributed by atoms with E-state index in [2.05, 4.69) is 65.0 Å². The molecule has 0 saturated carbocycles. The summed E-state index contributed by atoms with van der Waals surface area (Å²) in [6, 6.07) is 24.5. The van der Waals surface area contributed by atoms with Crippen molar-refractivity contribution in [3.8, 4) is 23.3 Å². The number of hydrogen-bond acceptors (Lipinski definition) is 3. The molecule has 0 amide bonds. The Bertz CT molecular complexity index is 1100. The van der Waals surface area contributed by atoms with E-state index in [-0.39, 0.29) is 16.9 Å². The van der Waals surface area contributed by atoms with E-state index in [1.165, 1.54) is 11.1 Å². The zero-order chi connectivity index (χ0) is 23.5.